The Balaban J connectivity index is 2.74. The second-order valence-corrected chi connectivity index (χ2v) is 6.78. The van der Waals surface area contributed by atoms with Gasteiger partial charge in [-0.3, -0.25) is 0 Å². The molecule has 0 aliphatic heterocycles. The highest BCUT2D eigenvalue weighted by Gasteiger charge is 2.42. The number of hydrogen-bond donors (Lipinski definition) is 1. The Kier molecular flexibility index (Phi) is 3.86. The first-order chi connectivity index (χ1) is 6.79. The van der Waals surface area contributed by atoms with Gasteiger partial charge in [0.05, 0.1) is 0 Å². The van der Waals surface area contributed by atoms with Crippen molar-refractivity contribution in [1.29, 1.82) is 0 Å². The van der Waals surface area contributed by atoms with Gasteiger partial charge in [-0.1, -0.05) is 41.0 Å². The van der Waals surface area contributed by atoms with Crippen LogP contribution in [0.3, 0.4) is 0 Å². The van der Waals surface area contributed by atoms with Crippen LogP contribution in [0.2, 0.25) is 0 Å². The number of rotatable bonds is 3. The Bertz CT molecular complexity index is 209. The molecule has 1 saturated carbocycles. The van der Waals surface area contributed by atoms with Crippen LogP contribution < -0.4 is 5.73 Å². The second kappa shape index (κ2) is 4.45. The Labute approximate surface area is 95.8 Å². The Morgan fingerprint density at radius 3 is 2.40 bits per heavy atom. The minimum atomic E-state index is 0.0944. The highest BCUT2D eigenvalue weighted by Crippen LogP contribution is 2.46. The average Bonchev–Trinajstić information content (AvgIpc) is 1.99. The van der Waals surface area contributed by atoms with Crippen molar-refractivity contribution in [2.24, 2.45) is 23.0 Å². The summed E-state index contributed by atoms with van der Waals surface area (Å²) in [5.74, 6) is 1.46. The molecule has 1 aliphatic rings. The molecule has 1 heteroatoms. The molecule has 0 aromatic carbocycles. The lowest BCUT2D eigenvalue weighted by molar-refractivity contribution is 0.0690. The van der Waals surface area contributed by atoms with Gasteiger partial charge in [0.1, 0.15) is 0 Å². The normalized spacial score (nSPS) is 37.6. The number of nitrogens with two attached hydrogens (primary N) is 1. The van der Waals surface area contributed by atoms with Crippen LogP contribution in [0.25, 0.3) is 0 Å². The Morgan fingerprint density at radius 2 is 1.93 bits per heavy atom. The van der Waals surface area contributed by atoms with Crippen molar-refractivity contribution in [2.45, 2.75) is 72.3 Å². The summed E-state index contributed by atoms with van der Waals surface area (Å²) >= 11 is 0. The maximum atomic E-state index is 6.65. The van der Waals surface area contributed by atoms with Gasteiger partial charge in [-0.2, -0.15) is 0 Å². The van der Waals surface area contributed by atoms with Gasteiger partial charge in [-0.15, -0.1) is 0 Å². The number of hydrogen-bond acceptors (Lipinski definition) is 1. The topological polar surface area (TPSA) is 26.0 Å². The van der Waals surface area contributed by atoms with Crippen LogP contribution in [0, 0.1) is 17.3 Å². The Morgan fingerprint density at radius 1 is 1.33 bits per heavy atom. The van der Waals surface area contributed by atoms with Crippen LogP contribution in [-0.2, 0) is 0 Å². The Hall–Kier alpha value is -0.0400. The van der Waals surface area contributed by atoms with Crippen molar-refractivity contribution in [2.75, 3.05) is 0 Å². The molecule has 1 fully saturated rings. The van der Waals surface area contributed by atoms with E-state index in [0.717, 1.165) is 5.92 Å². The molecule has 0 aromatic heterocycles. The average molecular weight is 211 g/mol. The summed E-state index contributed by atoms with van der Waals surface area (Å²) in [5.41, 5.74) is 7.19. The maximum absolute atomic E-state index is 6.65. The smallest absolute Gasteiger partial charge is 0.0187 e. The van der Waals surface area contributed by atoms with Crippen molar-refractivity contribution in [3.8, 4) is 0 Å². The van der Waals surface area contributed by atoms with Gasteiger partial charge in [0, 0.05) is 5.54 Å². The molecule has 3 unspecified atom stereocenters. The van der Waals surface area contributed by atoms with Crippen LogP contribution >= 0.6 is 0 Å². The van der Waals surface area contributed by atoms with Gasteiger partial charge in [0.25, 0.3) is 0 Å². The SMILES string of the molecule is CCCC(C)C1(N)CC(C)CC(C)(C)C1. The molecule has 2 N–H and O–H groups in total. The standard InChI is InChI=1S/C14H29N/c1-6-7-12(3)14(15)9-11(2)8-13(4,5)10-14/h11-12H,6-10,15H2,1-5H3. The zero-order chi connectivity index (χ0) is 11.7. The van der Waals surface area contributed by atoms with Gasteiger partial charge < -0.3 is 5.73 Å². The summed E-state index contributed by atoms with van der Waals surface area (Å²) < 4.78 is 0. The first kappa shape index (κ1) is 13.0. The van der Waals surface area contributed by atoms with E-state index in [-0.39, 0.29) is 5.54 Å². The summed E-state index contributed by atoms with van der Waals surface area (Å²) in [6.45, 7) is 11.7. The van der Waals surface area contributed by atoms with E-state index in [1.807, 2.05) is 0 Å². The van der Waals surface area contributed by atoms with Crippen molar-refractivity contribution in [3.05, 3.63) is 0 Å². The van der Waals surface area contributed by atoms with E-state index < -0.39 is 0 Å². The molecule has 1 nitrogen and oxygen atoms in total. The lowest BCUT2D eigenvalue weighted by Gasteiger charge is -2.48. The van der Waals surface area contributed by atoms with E-state index in [0.29, 0.717) is 11.3 Å². The molecule has 0 aromatic rings. The van der Waals surface area contributed by atoms with Gasteiger partial charge >= 0.3 is 0 Å². The first-order valence-corrected chi connectivity index (χ1v) is 6.58. The molecule has 0 saturated heterocycles. The van der Waals surface area contributed by atoms with Gasteiger partial charge in [-0.25, -0.2) is 0 Å². The molecule has 1 aliphatic carbocycles. The third-order valence-electron chi connectivity index (χ3n) is 4.14. The molecule has 90 valence electrons. The van der Waals surface area contributed by atoms with E-state index in [1.54, 1.807) is 0 Å². The second-order valence-electron chi connectivity index (χ2n) is 6.78. The molecule has 0 spiro atoms. The first-order valence-electron chi connectivity index (χ1n) is 6.58. The van der Waals surface area contributed by atoms with Crippen LogP contribution in [-0.4, -0.2) is 5.54 Å². The predicted molar refractivity (Wildman–Crippen MR) is 67.8 cm³/mol. The summed E-state index contributed by atoms with van der Waals surface area (Å²) in [6, 6.07) is 0. The molecule has 1 rings (SSSR count). The highest BCUT2D eigenvalue weighted by molar-refractivity contribution is 4.99. The molecule has 0 radical (unpaired) electrons. The third kappa shape index (κ3) is 3.21. The van der Waals surface area contributed by atoms with E-state index in [1.165, 1.54) is 32.1 Å². The lowest BCUT2D eigenvalue weighted by atomic mass is 9.60. The molecule has 0 amide bonds. The van der Waals surface area contributed by atoms with E-state index in [2.05, 4.69) is 34.6 Å². The quantitative estimate of drug-likeness (QED) is 0.751. The molecular weight excluding hydrogens is 182 g/mol. The minimum Gasteiger partial charge on any atom is -0.325 e. The summed E-state index contributed by atoms with van der Waals surface area (Å²) in [6.07, 6.45) is 6.29. The zero-order valence-electron chi connectivity index (χ0n) is 11.3. The van der Waals surface area contributed by atoms with Crippen molar-refractivity contribution < 1.29 is 0 Å². The van der Waals surface area contributed by atoms with Crippen molar-refractivity contribution in [1.82, 2.24) is 0 Å². The predicted octanol–water partition coefficient (Wildman–Crippen LogP) is 3.97. The van der Waals surface area contributed by atoms with Crippen LogP contribution in [0.15, 0.2) is 0 Å². The third-order valence-corrected chi connectivity index (χ3v) is 4.14. The lowest BCUT2D eigenvalue weighted by Crippen LogP contribution is -2.53. The molecule has 3 atom stereocenters. The summed E-state index contributed by atoms with van der Waals surface area (Å²) in [4.78, 5) is 0. The van der Waals surface area contributed by atoms with Crippen LogP contribution in [0.5, 0.6) is 0 Å². The van der Waals surface area contributed by atoms with Crippen molar-refractivity contribution >= 4 is 0 Å². The summed E-state index contributed by atoms with van der Waals surface area (Å²) in [5, 5.41) is 0. The zero-order valence-corrected chi connectivity index (χ0v) is 11.3. The maximum Gasteiger partial charge on any atom is 0.0187 e. The molecule has 0 bridgehead atoms. The van der Waals surface area contributed by atoms with Crippen molar-refractivity contribution in [3.63, 3.8) is 0 Å². The largest absolute Gasteiger partial charge is 0.325 e. The minimum absolute atomic E-state index is 0.0944. The van der Waals surface area contributed by atoms with Gasteiger partial charge in [0.15, 0.2) is 0 Å². The van der Waals surface area contributed by atoms with Crippen LogP contribution in [0.1, 0.15) is 66.7 Å². The van der Waals surface area contributed by atoms with Gasteiger partial charge in [-0.05, 0) is 42.9 Å². The van der Waals surface area contributed by atoms with E-state index in [4.69, 9.17) is 5.73 Å². The fraction of sp³-hybridized carbons (Fsp3) is 1.00. The van der Waals surface area contributed by atoms with E-state index >= 15 is 0 Å². The fourth-order valence-electron chi connectivity index (χ4n) is 3.80. The molecule has 0 heterocycles. The fourth-order valence-corrected chi connectivity index (χ4v) is 3.80. The van der Waals surface area contributed by atoms with Gasteiger partial charge in [0.2, 0.25) is 0 Å². The summed E-state index contributed by atoms with van der Waals surface area (Å²) in [7, 11) is 0. The monoisotopic (exact) mass is 211 g/mol. The molecular formula is C14H29N. The molecule has 15 heavy (non-hydrogen) atoms. The highest BCUT2D eigenvalue weighted by atomic mass is 14.8. The van der Waals surface area contributed by atoms with Crippen LogP contribution in [0.4, 0.5) is 0 Å². The van der Waals surface area contributed by atoms with E-state index in [9.17, 15) is 0 Å².